The Morgan fingerprint density at radius 2 is 2.04 bits per heavy atom. The highest BCUT2D eigenvalue weighted by Crippen LogP contribution is 2.20. The number of piperidine rings is 1. The van der Waals surface area contributed by atoms with Gasteiger partial charge in [0.05, 0.1) is 19.9 Å². The van der Waals surface area contributed by atoms with Crippen LogP contribution < -0.4 is 10.1 Å². The van der Waals surface area contributed by atoms with Crippen LogP contribution in [-0.2, 0) is 9.53 Å². The van der Waals surface area contributed by atoms with E-state index in [2.05, 4.69) is 15.2 Å². The van der Waals surface area contributed by atoms with Gasteiger partial charge in [-0.1, -0.05) is 0 Å². The van der Waals surface area contributed by atoms with Gasteiger partial charge in [0, 0.05) is 24.8 Å². The Labute approximate surface area is 164 Å². The molecular weight excluding hydrogens is 358 g/mol. The largest absolute Gasteiger partial charge is 0.468 e. The van der Waals surface area contributed by atoms with Crippen LogP contribution >= 0.6 is 0 Å². The average molecular weight is 383 g/mol. The molecular formula is C21H25N3O4. The number of amides is 1. The standard InChI is InChI=1S/C21H25N3O4/c1-27-20(25)15-24-11-3-4-16(14-24)12-23-21(26)17-6-8-18(9-7-17)28-19-5-2-10-22-13-19/h2,5-10,13,16H,3-4,11-12,14-15H2,1H3,(H,23,26)/t16-/m1/s1. The summed E-state index contributed by atoms with van der Waals surface area (Å²) >= 11 is 0. The first kappa shape index (κ1) is 19.8. The van der Waals surface area contributed by atoms with Crippen molar-refractivity contribution in [1.82, 2.24) is 15.2 Å². The van der Waals surface area contributed by atoms with Gasteiger partial charge in [-0.05, 0) is 61.7 Å². The van der Waals surface area contributed by atoms with Crippen LogP contribution in [0, 0.1) is 5.92 Å². The van der Waals surface area contributed by atoms with Gasteiger partial charge in [-0.2, -0.15) is 0 Å². The molecule has 1 amide bonds. The summed E-state index contributed by atoms with van der Waals surface area (Å²) in [5, 5.41) is 2.99. The molecule has 1 aromatic heterocycles. The van der Waals surface area contributed by atoms with Crippen molar-refractivity contribution in [1.29, 1.82) is 0 Å². The molecule has 7 nitrogen and oxygen atoms in total. The fraction of sp³-hybridized carbons (Fsp3) is 0.381. The van der Waals surface area contributed by atoms with E-state index in [-0.39, 0.29) is 11.9 Å². The van der Waals surface area contributed by atoms with Crippen LogP contribution in [0.4, 0.5) is 0 Å². The first-order valence-corrected chi connectivity index (χ1v) is 9.39. The topological polar surface area (TPSA) is 80.8 Å². The van der Waals surface area contributed by atoms with Gasteiger partial charge in [-0.25, -0.2) is 0 Å². The summed E-state index contributed by atoms with van der Waals surface area (Å²) < 4.78 is 10.4. The molecule has 1 aliphatic rings. The summed E-state index contributed by atoms with van der Waals surface area (Å²) in [5.41, 5.74) is 0.584. The van der Waals surface area contributed by atoms with Crippen molar-refractivity contribution in [3.63, 3.8) is 0 Å². The molecule has 7 heteroatoms. The highest BCUT2D eigenvalue weighted by molar-refractivity contribution is 5.94. The molecule has 2 aromatic rings. The monoisotopic (exact) mass is 383 g/mol. The molecule has 0 aliphatic carbocycles. The molecule has 1 N–H and O–H groups in total. The molecule has 3 rings (SSSR count). The van der Waals surface area contributed by atoms with Crippen molar-refractivity contribution in [2.45, 2.75) is 12.8 Å². The Kier molecular flexibility index (Phi) is 6.97. The number of methoxy groups -OCH3 is 1. The zero-order chi connectivity index (χ0) is 19.8. The molecule has 1 aliphatic heterocycles. The summed E-state index contributed by atoms with van der Waals surface area (Å²) in [5.74, 6) is 1.29. The third-order valence-electron chi connectivity index (χ3n) is 4.72. The predicted octanol–water partition coefficient (Wildman–Crippen LogP) is 2.49. The number of carbonyl (C=O) groups excluding carboxylic acids is 2. The second kappa shape index (κ2) is 9.85. The zero-order valence-corrected chi connectivity index (χ0v) is 16.0. The van der Waals surface area contributed by atoms with Crippen molar-refractivity contribution in [3.05, 3.63) is 54.4 Å². The molecule has 1 atom stereocenters. The van der Waals surface area contributed by atoms with Gasteiger partial charge in [0.15, 0.2) is 0 Å². The summed E-state index contributed by atoms with van der Waals surface area (Å²) in [6.45, 7) is 2.56. The van der Waals surface area contributed by atoms with Crippen molar-refractivity contribution >= 4 is 11.9 Å². The minimum atomic E-state index is -0.224. The fourth-order valence-electron chi connectivity index (χ4n) is 3.27. The number of hydrogen-bond donors (Lipinski definition) is 1. The van der Waals surface area contributed by atoms with Crippen molar-refractivity contribution in [3.8, 4) is 11.5 Å². The van der Waals surface area contributed by atoms with Crippen molar-refractivity contribution in [2.75, 3.05) is 33.3 Å². The van der Waals surface area contributed by atoms with Gasteiger partial charge in [-0.15, -0.1) is 0 Å². The van der Waals surface area contributed by atoms with E-state index in [0.29, 0.717) is 36.1 Å². The van der Waals surface area contributed by atoms with Crippen molar-refractivity contribution < 1.29 is 19.1 Å². The molecule has 2 heterocycles. The number of esters is 1. The van der Waals surface area contributed by atoms with Gasteiger partial charge in [0.25, 0.3) is 5.91 Å². The van der Waals surface area contributed by atoms with Crippen LogP contribution in [0.25, 0.3) is 0 Å². The first-order chi connectivity index (χ1) is 13.6. The molecule has 0 saturated carbocycles. The molecule has 0 spiro atoms. The minimum absolute atomic E-state index is 0.113. The van der Waals surface area contributed by atoms with Crippen LogP contribution in [0.15, 0.2) is 48.8 Å². The molecule has 1 fully saturated rings. The van der Waals surface area contributed by atoms with E-state index >= 15 is 0 Å². The third-order valence-corrected chi connectivity index (χ3v) is 4.72. The van der Waals surface area contributed by atoms with E-state index in [1.807, 2.05) is 6.07 Å². The van der Waals surface area contributed by atoms with E-state index in [1.54, 1.807) is 42.7 Å². The molecule has 1 saturated heterocycles. The van der Waals surface area contributed by atoms with Crippen LogP contribution in [0.3, 0.4) is 0 Å². The number of nitrogens with zero attached hydrogens (tertiary/aromatic N) is 2. The second-order valence-electron chi connectivity index (χ2n) is 6.84. The number of hydrogen-bond acceptors (Lipinski definition) is 6. The minimum Gasteiger partial charge on any atom is -0.468 e. The number of ether oxygens (including phenoxy) is 2. The Bertz CT molecular complexity index is 780. The summed E-state index contributed by atoms with van der Waals surface area (Å²) in [6, 6.07) is 10.6. The highest BCUT2D eigenvalue weighted by Gasteiger charge is 2.22. The number of rotatable bonds is 7. The maximum atomic E-state index is 12.4. The smallest absolute Gasteiger partial charge is 0.319 e. The van der Waals surface area contributed by atoms with Crippen LogP contribution in [0.2, 0.25) is 0 Å². The van der Waals surface area contributed by atoms with E-state index < -0.39 is 0 Å². The maximum Gasteiger partial charge on any atom is 0.319 e. The molecule has 0 radical (unpaired) electrons. The SMILES string of the molecule is COC(=O)CN1CCC[C@H](CNC(=O)c2ccc(Oc3cccnc3)cc2)C1. The normalized spacial score (nSPS) is 17.0. The Morgan fingerprint density at radius 3 is 2.75 bits per heavy atom. The van der Waals surface area contributed by atoms with Gasteiger partial charge < -0.3 is 14.8 Å². The van der Waals surface area contributed by atoms with Gasteiger partial charge in [-0.3, -0.25) is 19.5 Å². The van der Waals surface area contributed by atoms with Crippen LogP contribution in [0.1, 0.15) is 23.2 Å². The van der Waals surface area contributed by atoms with E-state index in [1.165, 1.54) is 7.11 Å². The first-order valence-electron chi connectivity index (χ1n) is 9.39. The summed E-state index contributed by atoms with van der Waals surface area (Å²) in [4.78, 5) is 29.9. The van der Waals surface area contributed by atoms with E-state index in [4.69, 9.17) is 9.47 Å². The lowest BCUT2D eigenvalue weighted by atomic mass is 9.98. The molecule has 148 valence electrons. The van der Waals surface area contributed by atoms with Gasteiger partial charge in [0.2, 0.25) is 0 Å². The third kappa shape index (κ3) is 5.79. The average Bonchev–Trinajstić information content (AvgIpc) is 2.73. The zero-order valence-electron chi connectivity index (χ0n) is 16.0. The number of aromatic nitrogens is 1. The maximum absolute atomic E-state index is 12.4. The fourth-order valence-corrected chi connectivity index (χ4v) is 3.27. The molecule has 0 unspecified atom stereocenters. The number of carbonyl (C=O) groups is 2. The van der Waals surface area contributed by atoms with Gasteiger partial charge >= 0.3 is 5.97 Å². The quantitative estimate of drug-likeness (QED) is 0.740. The van der Waals surface area contributed by atoms with Crippen molar-refractivity contribution in [2.24, 2.45) is 5.92 Å². The summed E-state index contributed by atoms with van der Waals surface area (Å²) in [6.07, 6.45) is 5.36. The van der Waals surface area contributed by atoms with E-state index in [0.717, 1.165) is 25.9 Å². The predicted molar refractivity (Wildman–Crippen MR) is 104 cm³/mol. The Balaban J connectivity index is 1.47. The number of benzene rings is 1. The van der Waals surface area contributed by atoms with Gasteiger partial charge in [0.1, 0.15) is 11.5 Å². The summed E-state index contributed by atoms with van der Waals surface area (Å²) in [7, 11) is 1.40. The lowest BCUT2D eigenvalue weighted by Gasteiger charge is -2.31. The number of likely N-dealkylation sites (tertiary alicyclic amines) is 1. The Morgan fingerprint density at radius 1 is 1.21 bits per heavy atom. The number of pyridine rings is 1. The molecule has 0 bridgehead atoms. The van der Waals surface area contributed by atoms with Crippen LogP contribution in [-0.4, -0.2) is 55.0 Å². The lowest BCUT2D eigenvalue weighted by Crippen LogP contribution is -2.43. The Hall–Kier alpha value is -2.93. The van der Waals surface area contributed by atoms with E-state index in [9.17, 15) is 9.59 Å². The van der Waals surface area contributed by atoms with Crippen LogP contribution in [0.5, 0.6) is 11.5 Å². The molecule has 1 aromatic carbocycles. The molecule has 28 heavy (non-hydrogen) atoms. The number of nitrogens with one attached hydrogen (secondary N) is 1. The second-order valence-corrected chi connectivity index (χ2v) is 6.84. The highest BCUT2D eigenvalue weighted by atomic mass is 16.5. The lowest BCUT2D eigenvalue weighted by molar-refractivity contribution is -0.142.